The molecule has 2 saturated heterocycles. The third-order valence-corrected chi connectivity index (χ3v) is 10.6. The fourth-order valence-corrected chi connectivity index (χ4v) is 7.26. The first-order valence-electron chi connectivity index (χ1n) is 18.9. The van der Waals surface area contributed by atoms with Crippen LogP contribution in [0.5, 0.6) is 11.5 Å². The van der Waals surface area contributed by atoms with Crippen molar-refractivity contribution >= 4 is 24.0 Å². The van der Waals surface area contributed by atoms with Crippen LogP contribution in [0.25, 0.3) is 22.5 Å². The number of hydrogen-bond donors (Lipinski definition) is 4. The first kappa shape index (κ1) is 40.7. The Labute approximate surface area is 330 Å². The van der Waals surface area contributed by atoms with E-state index in [1.54, 1.807) is 36.0 Å². The lowest BCUT2D eigenvalue weighted by molar-refractivity contribution is -0.138. The number of benzene rings is 2. The number of hydrogen-bond acceptors (Lipinski definition) is 11. The fraction of sp³-hybridized carbons (Fsp3) is 0.450. The highest BCUT2D eigenvalue weighted by Gasteiger charge is 2.40. The third-order valence-electron chi connectivity index (χ3n) is 10.6. The van der Waals surface area contributed by atoms with E-state index in [9.17, 15) is 19.2 Å². The Morgan fingerprint density at radius 3 is 1.65 bits per heavy atom. The molecule has 57 heavy (non-hydrogen) atoms. The van der Waals surface area contributed by atoms with Gasteiger partial charge in [-0.25, -0.2) is 19.6 Å². The fourth-order valence-electron chi connectivity index (χ4n) is 7.26. The average Bonchev–Trinajstić information content (AvgIpc) is 4.08. The van der Waals surface area contributed by atoms with E-state index in [0.29, 0.717) is 42.7 Å². The number of carbonyl (C=O) groups excluding carboxylic acids is 4. The molecule has 0 bridgehead atoms. The molecule has 17 nitrogen and oxygen atoms in total. The molecule has 6 atom stereocenters. The van der Waals surface area contributed by atoms with Gasteiger partial charge in [-0.1, -0.05) is 12.1 Å². The Bertz CT molecular complexity index is 2020. The highest BCUT2D eigenvalue weighted by atomic mass is 16.5. The Balaban J connectivity index is 1.10. The summed E-state index contributed by atoms with van der Waals surface area (Å²) in [6, 6.07) is 12.8. The quantitative estimate of drug-likeness (QED) is 0.132. The van der Waals surface area contributed by atoms with E-state index in [4.69, 9.17) is 23.7 Å². The van der Waals surface area contributed by atoms with Crippen LogP contribution in [0.1, 0.15) is 63.3 Å². The smallest absolute Gasteiger partial charge is 0.407 e. The van der Waals surface area contributed by atoms with E-state index in [-0.39, 0.29) is 23.9 Å². The number of methoxy groups -OCH3 is 4. The first-order chi connectivity index (χ1) is 27.5. The lowest BCUT2D eigenvalue weighted by atomic mass is 10.1. The van der Waals surface area contributed by atoms with Gasteiger partial charge < -0.3 is 54.1 Å². The van der Waals surface area contributed by atoms with E-state index in [1.807, 2.05) is 48.5 Å². The Morgan fingerprint density at radius 1 is 0.684 bits per heavy atom. The number of nitrogens with one attached hydrogen (secondary N) is 4. The molecule has 4 heterocycles. The van der Waals surface area contributed by atoms with Crippen LogP contribution in [0.15, 0.2) is 60.9 Å². The van der Waals surface area contributed by atoms with Gasteiger partial charge in [-0.2, -0.15) is 0 Å². The zero-order valence-electron chi connectivity index (χ0n) is 32.9. The van der Waals surface area contributed by atoms with Gasteiger partial charge in [-0.15, -0.1) is 0 Å². The number of likely N-dealkylation sites (tertiary alicyclic amines) is 2. The molecule has 0 saturated carbocycles. The standard InChI is InChI=1S/C40H50N8O9/c1-23(53-3)33(45-39(51)55-5)37(49)47-18-8-12-31(47)35-41-21-29(43-35)25-14-16-27(17-15-25)57-28-11-7-10-26(20-28)30-22-42-36(44-30)32-13-9-19-48(32)38(50)34(24(2)54-4)46-40(52)56-6/h7,10-11,14-17,20-24,31-34H,8-9,12-13,18-19H2,1-6H3,(H,41,43)(H,42,44)(H,45,51)(H,46,52)/t23-,24+,31-,32-,33-,34+/m1/s1. The van der Waals surface area contributed by atoms with Crippen LogP contribution in [0.2, 0.25) is 0 Å². The number of nitrogens with zero attached hydrogens (tertiary/aromatic N) is 4. The topological polar surface area (TPSA) is 202 Å². The molecule has 0 aliphatic carbocycles. The van der Waals surface area contributed by atoms with Crippen LogP contribution in [0.3, 0.4) is 0 Å². The number of imidazole rings is 2. The minimum atomic E-state index is -0.916. The molecule has 2 fully saturated rings. The Kier molecular flexibility index (Phi) is 13.1. The van der Waals surface area contributed by atoms with Crippen molar-refractivity contribution in [1.82, 2.24) is 40.4 Å². The summed E-state index contributed by atoms with van der Waals surface area (Å²) in [4.78, 5) is 70.8. The SMILES string of the molecule is COC(=O)N[C@H](C(=O)N1CCC[C@@H]1c1ncc(-c2cccc(Oc3ccc(-c4cnc([C@H]5CCCN5C(=O)[C@H](NC(=O)OC)[C@@H](C)OC)[nH]4)cc3)c2)[nH]1)[C@H](C)OC. The normalized spacial score (nSPS) is 18.7. The second kappa shape index (κ2) is 18.3. The van der Waals surface area contributed by atoms with Gasteiger partial charge in [0.25, 0.3) is 0 Å². The van der Waals surface area contributed by atoms with E-state index in [2.05, 4.69) is 30.6 Å². The van der Waals surface area contributed by atoms with Crippen LogP contribution >= 0.6 is 0 Å². The van der Waals surface area contributed by atoms with E-state index < -0.39 is 36.5 Å². The molecule has 0 radical (unpaired) electrons. The van der Waals surface area contributed by atoms with Crippen LogP contribution in [0.4, 0.5) is 9.59 Å². The second-order valence-corrected chi connectivity index (χ2v) is 14.0. The minimum Gasteiger partial charge on any atom is -0.457 e. The van der Waals surface area contributed by atoms with Crippen molar-refractivity contribution in [3.8, 4) is 34.0 Å². The molecule has 2 aromatic heterocycles. The molecule has 2 aliphatic heterocycles. The number of aromatic amines is 2. The molecule has 0 spiro atoms. The Hall–Kier alpha value is -5.94. The third kappa shape index (κ3) is 9.21. The lowest BCUT2D eigenvalue weighted by Gasteiger charge is -2.30. The second-order valence-electron chi connectivity index (χ2n) is 14.0. The maximum absolute atomic E-state index is 13.6. The van der Waals surface area contributed by atoms with Gasteiger partial charge in [0, 0.05) is 32.9 Å². The molecule has 6 rings (SSSR count). The minimum absolute atomic E-state index is 0.265. The molecule has 2 aliphatic rings. The van der Waals surface area contributed by atoms with Gasteiger partial charge in [0.15, 0.2) is 0 Å². The maximum Gasteiger partial charge on any atom is 0.407 e. The summed E-state index contributed by atoms with van der Waals surface area (Å²) >= 11 is 0. The molecule has 2 aromatic carbocycles. The molecule has 0 unspecified atom stereocenters. The predicted octanol–water partition coefficient (Wildman–Crippen LogP) is 5.11. The van der Waals surface area contributed by atoms with E-state index >= 15 is 0 Å². The van der Waals surface area contributed by atoms with Crippen molar-refractivity contribution in [2.45, 2.75) is 75.9 Å². The van der Waals surface area contributed by atoms with Crippen LogP contribution in [-0.4, -0.2) is 120 Å². The van der Waals surface area contributed by atoms with Gasteiger partial charge in [-0.3, -0.25) is 9.59 Å². The highest BCUT2D eigenvalue weighted by molar-refractivity contribution is 5.87. The molecule has 4 amide bonds. The summed E-state index contributed by atoms with van der Waals surface area (Å²) in [7, 11) is 5.47. The molecule has 4 N–H and O–H groups in total. The number of H-pyrrole nitrogens is 2. The van der Waals surface area contributed by atoms with Crippen LogP contribution in [0, 0.1) is 0 Å². The van der Waals surface area contributed by atoms with E-state index in [0.717, 1.165) is 41.8 Å². The van der Waals surface area contributed by atoms with Gasteiger partial charge in [0.2, 0.25) is 11.8 Å². The van der Waals surface area contributed by atoms with Gasteiger partial charge in [0.05, 0.1) is 62.3 Å². The van der Waals surface area contributed by atoms with Crippen molar-refractivity contribution in [3.63, 3.8) is 0 Å². The average molecular weight is 787 g/mol. The van der Waals surface area contributed by atoms with E-state index in [1.165, 1.54) is 28.4 Å². The number of rotatable bonds is 14. The number of ether oxygens (including phenoxy) is 5. The first-order valence-corrected chi connectivity index (χ1v) is 18.9. The summed E-state index contributed by atoms with van der Waals surface area (Å²) in [6.45, 7) is 4.49. The van der Waals surface area contributed by atoms with Gasteiger partial charge in [-0.05, 0) is 81.5 Å². The van der Waals surface area contributed by atoms with Crippen molar-refractivity contribution < 1.29 is 42.9 Å². The number of alkyl carbamates (subject to hydrolysis) is 2. The summed E-state index contributed by atoms with van der Waals surface area (Å²) in [6.07, 6.45) is 3.95. The monoisotopic (exact) mass is 786 g/mol. The summed E-state index contributed by atoms with van der Waals surface area (Å²) < 4.78 is 26.5. The molecule has 4 aromatic rings. The Morgan fingerprint density at radius 2 is 1.18 bits per heavy atom. The molecular formula is C40H50N8O9. The zero-order valence-corrected chi connectivity index (χ0v) is 32.9. The number of aromatic nitrogens is 4. The number of amides is 4. The van der Waals surface area contributed by atoms with Crippen LogP contribution in [-0.2, 0) is 28.5 Å². The van der Waals surface area contributed by atoms with Crippen molar-refractivity contribution in [2.24, 2.45) is 0 Å². The molecule has 304 valence electrons. The summed E-state index contributed by atoms with van der Waals surface area (Å²) in [5.41, 5.74) is 3.29. The molecular weight excluding hydrogens is 736 g/mol. The zero-order chi connectivity index (χ0) is 40.6. The van der Waals surface area contributed by atoms with Gasteiger partial charge >= 0.3 is 12.2 Å². The largest absolute Gasteiger partial charge is 0.457 e. The lowest BCUT2D eigenvalue weighted by Crippen LogP contribution is -2.54. The summed E-state index contributed by atoms with van der Waals surface area (Å²) in [5, 5.41) is 5.22. The van der Waals surface area contributed by atoms with Crippen molar-refractivity contribution in [2.75, 3.05) is 41.5 Å². The maximum atomic E-state index is 13.6. The summed E-state index contributed by atoms with van der Waals surface area (Å²) in [5.74, 6) is 2.02. The predicted molar refractivity (Wildman–Crippen MR) is 207 cm³/mol. The van der Waals surface area contributed by atoms with Crippen LogP contribution < -0.4 is 15.4 Å². The highest BCUT2D eigenvalue weighted by Crippen LogP contribution is 2.35. The van der Waals surface area contributed by atoms with Gasteiger partial charge in [0.1, 0.15) is 35.2 Å². The molecule has 17 heteroatoms. The van der Waals surface area contributed by atoms with Crippen molar-refractivity contribution in [1.29, 1.82) is 0 Å². The van der Waals surface area contributed by atoms with Crippen molar-refractivity contribution in [3.05, 3.63) is 72.6 Å². The number of carbonyl (C=O) groups is 4.